The van der Waals surface area contributed by atoms with Crippen LogP contribution in [0.1, 0.15) is 42.4 Å². The molecule has 0 aliphatic heterocycles. The highest BCUT2D eigenvalue weighted by Crippen LogP contribution is 2.35. The van der Waals surface area contributed by atoms with Crippen molar-refractivity contribution in [1.29, 1.82) is 0 Å². The smallest absolute Gasteiger partial charge is 0.273 e. The van der Waals surface area contributed by atoms with Gasteiger partial charge >= 0.3 is 0 Å². The minimum absolute atomic E-state index is 0.0346. The van der Waals surface area contributed by atoms with Crippen LogP contribution in [0.25, 0.3) is 10.9 Å². The Morgan fingerprint density at radius 3 is 2.40 bits per heavy atom. The third-order valence-corrected chi connectivity index (χ3v) is 6.79. The number of phenolic OH excluding ortho intramolecular Hbond substituents is 1. The van der Waals surface area contributed by atoms with Gasteiger partial charge in [0.05, 0.1) is 23.5 Å². The number of hydrogen-bond donors (Lipinski definition) is 2. The molecule has 210 valence electrons. The molecule has 1 atom stereocenters. The van der Waals surface area contributed by atoms with E-state index in [0.717, 1.165) is 17.4 Å². The molecule has 7 nitrogen and oxygen atoms in total. The van der Waals surface area contributed by atoms with Crippen molar-refractivity contribution < 1.29 is 23.1 Å². The number of aromatic nitrogens is 2. The molecule has 10 heteroatoms. The fourth-order valence-corrected chi connectivity index (χ4v) is 4.45. The van der Waals surface area contributed by atoms with Gasteiger partial charge in [-0.2, -0.15) is 0 Å². The highest BCUT2D eigenvalue weighted by atomic mass is 19.3. The van der Waals surface area contributed by atoms with E-state index in [4.69, 9.17) is 0 Å². The number of amides is 1. The zero-order chi connectivity index (χ0) is 29.4. The van der Waals surface area contributed by atoms with Crippen molar-refractivity contribution >= 4 is 34.0 Å². The lowest BCUT2D eigenvalue weighted by molar-refractivity contribution is -0.128. The maximum absolute atomic E-state index is 15.1. The molecule has 2 N–H and O–H groups in total. The second kappa shape index (κ2) is 11.0. The summed E-state index contributed by atoms with van der Waals surface area (Å²) in [4.78, 5) is 24.6. The molecular formula is C30H32F3N5O2. The zero-order valence-electron chi connectivity index (χ0n) is 23.3. The summed E-state index contributed by atoms with van der Waals surface area (Å²) in [5, 5.41) is 14.1. The Kier molecular flexibility index (Phi) is 7.91. The normalized spacial score (nSPS) is 12.3. The first-order chi connectivity index (χ1) is 18.8. The second-order valence-electron chi connectivity index (χ2n) is 10.1. The van der Waals surface area contributed by atoms with Gasteiger partial charge in [-0.25, -0.2) is 23.1 Å². The predicted octanol–water partition coefficient (Wildman–Crippen LogP) is 6.47. The number of phenols is 1. The van der Waals surface area contributed by atoms with E-state index in [1.54, 1.807) is 46.1 Å². The molecule has 0 aliphatic carbocycles. The number of carbonyl (C=O) groups is 1. The Labute approximate surface area is 231 Å². The molecule has 0 bridgehead atoms. The maximum atomic E-state index is 15.1. The summed E-state index contributed by atoms with van der Waals surface area (Å²) in [5.41, 5.74) is 2.10. The van der Waals surface area contributed by atoms with Gasteiger partial charge in [-0.05, 0) is 50.2 Å². The van der Waals surface area contributed by atoms with E-state index in [2.05, 4.69) is 15.3 Å². The standard InChI is InChI=1S/C30H32F3N5O2/c1-17(22-8-7-9-24(28(22)31)30(3,32)33)34-29-23-16-21(10-12-25(23)35-18(2)36-29)38(6)20-11-13-26(39)19(14-20)15-27(40)37(4)5/h7-14,16-17,39H,15H2,1-6H3,(H,34,35,36)/t17-/m1/s1. The number of anilines is 3. The van der Waals surface area contributed by atoms with Crippen LogP contribution in [0.5, 0.6) is 5.75 Å². The summed E-state index contributed by atoms with van der Waals surface area (Å²) in [6.45, 7) is 4.09. The van der Waals surface area contributed by atoms with Gasteiger partial charge in [0.2, 0.25) is 5.91 Å². The molecule has 0 aliphatic rings. The lowest BCUT2D eigenvalue weighted by Gasteiger charge is -2.23. The lowest BCUT2D eigenvalue weighted by Crippen LogP contribution is -2.23. The summed E-state index contributed by atoms with van der Waals surface area (Å²) in [6.07, 6.45) is 0.0546. The highest BCUT2D eigenvalue weighted by molar-refractivity contribution is 5.92. The Morgan fingerprint density at radius 2 is 1.73 bits per heavy atom. The molecule has 4 rings (SSSR count). The van der Waals surface area contributed by atoms with Crippen LogP contribution >= 0.6 is 0 Å². The number of benzene rings is 3. The van der Waals surface area contributed by atoms with E-state index >= 15 is 4.39 Å². The minimum atomic E-state index is -3.31. The van der Waals surface area contributed by atoms with Crippen molar-refractivity contribution in [1.82, 2.24) is 14.9 Å². The Balaban J connectivity index is 1.70. The molecule has 4 aromatic rings. The van der Waals surface area contributed by atoms with Gasteiger partial charge in [-0.1, -0.05) is 18.2 Å². The molecule has 1 amide bonds. The fourth-order valence-electron chi connectivity index (χ4n) is 4.45. The first kappa shape index (κ1) is 28.7. The van der Waals surface area contributed by atoms with Crippen LogP contribution in [-0.2, 0) is 17.1 Å². The van der Waals surface area contributed by atoms with Gasteiger partial charge in [0.1, 0.15) is 23.2 Å². The molecule has 0 fully saturated rings. The van der Waals surface area contributed by atoms with E-state index in [1.165, 1.54) is 17.0 Å². The quantitative estimate of drug-likeness (QED) is 0.261. The summed E-state index contributed by atoms with van der Waals surface area (Å²) in [7, 11) is 5.16. The maximum Gasteiger partial charge on any atom is 0.273 e. The number of nitrogens with one attached hydrogen (secondary N) is 1. The third-order valence-electron chi connectivity index (χ3n) is 6.79. The number of hydrogen-bond acceptors (Lipinski definition) is 6. The van der Waals surface area contributed by atoms with Crippen LogP contribution in [0.4, 0.5) is 30.4 Å². The SMILES string of the molecule is Cc1nc(N[C@H](C)c2cccc(C(C)(F)F)c2F)c2cc(N(C)c3ccc(O)c(CC(=O)N(C)C)c3)ccc2n1. The van der Waals surface area contributed by atoms with Gasteiger partial charge in [0, 0.05) is 56.0 Å². The fraction of sp³-hybridized carbons (Fsp3) is 0.300. The van der Waals surface area contributed by atoms with Crippen LogP contribution in [-0.4, -0.2) is 47.0 Å². The van der Waals surface area contributed by atoms with Crippen molar-refractivity contribution in [3.05, 3.63) is 82.9 Å². The molecule has 1 heterocycles. The molecule has 1 aromatic heterocycles. The number of aryl methyl sites for hydroxylation is 1. The van der Waals surface area contributed by atoms with Crippen LogP contribution in [0.2, 0.25) is 0 Å². The van der Waals surface area contributed by atoms with Crippen molar-refractivity contribution in [3.8, 4) is 5.75 Å². The van der Waals surface area contributed by atoms with E-state index in [9.17, 15) is 18.7 Å². The summed E-state index contributed by atoms with van der Waals surface area (Å²) in [6, 6.07) is 13.9. The van der Waals surface area contributed by atoms with E-state index in [1.807, 2.05) is 30.1 Å². The first-order valence-electron chi connectivity index (χ1n) is 12.7. The van der Waals surface area contributed by atoms with Crippen LogP contribution < -0.4 is 10.2 Å². The van der Waals surface area contributed by atoms with E-state index < -0.39 is 23.3 Å². The molecule has 0 spiro atoms. The Morgan fingerprint density at radius 1 is 1.05 bits per heavy atom. The molecule has 0 saturated carbocycles. The number of carbonyl (C=O) groups excluding carboxylic acids is 1. The van der Waals surface area contributed by atoms with Crippen molar-refractivity contribution in [2.24, 2.45) is 0 Å². The van der Waals surface area contributed by atoms with Crippen molar-refractivity contribution in [2.45, 2.75) is 39.2 Å². The number of likely N-dealkylation sites (N-methyl/N-ethyl adjacent to an activating group) is 1. The summed E-state index contributed by atoms with van der Waals surface area (Å²) < 4.78 is 42.9. The predicted molar refractivity (Wildman–Crippen MR) is 151 cm³/mol. The molecule has 0 unspecified atom stereocenters. The van der Waals surface area contributed by atoms with Crippen LogP contribution in [0.15, 0.2) is 54.6 Å². The van der Waals surface area contributed by atoms with E-state index in [0.29, 0.717) is 35.0 Å². The van der Waals surface area contributed by atoms with Gasteiger partial charge in [-0.15, -0.1) is 0 Å². The van der Waals surface area contributed by atoms with Gasteiger partial charge in [-0.3, -0.25) is 4.79 Å². The Bertz CT molecular complexity index is 1570. The minimum Gasteiger partial charge on any atom is -0.508 e. The average molecular weight is 552 g/mol. The first-order valence-corrected chi connectivity index (χ1v) is 12.7. The third kappa shape index (κ3) is 5.95. The van der Waals surface area contributed by atoms with Gasteiger partial charge < -0.3 is 20.2 Å². The van der Waals surface area contributed by atoms with Gasteiger partial charge in [0.15, 0.2) is 0 Å². The summed E-state index contributed by atoms with van der Waals surface area (Å²) in [5.74, 6) is -3.45. The number of alkyl halides is 2. The monoisotopic (exact) mass is 551 g/mol. The zero-order valence-corrected chi connectivity index (χ0v) is 23.3. The number of aromatic hydroxyl groups is 1. The van der Waals surface area contributed by atoms with Crippen LogP contribution in [0.3, 0.4) is 0 Å². The average Bonchev–Trinajstić information content (AvgIpc) is 2.88. The van der Waals surface area contributed by atoms with Crippen molar-refractivity contribution in [2.75, 3.05) is 31.4 Å². The molecule has 3 aromatic carbocycles. The Hall–Kier alpha value is -4.34. The van der Waals surface area contributed by atoms with Crippen molar-refractivity contribution in [3.63, 3.8) is 0 Å². The number of fused-ring (bicyclic) bond motifs is 1. The summed E-state index contributed by atoms with van der Waals surface area (Å²) >= 11 is 0. The number of nitrogens with zero attached hydrogens (tertiary/aromatic N) is 4. The highest BCUT2D eigenvalue weighted by Gasteiger charge is 2.30. The molecule has 0 saturated heterocycles. The second-order valence-corrected chi connectivity index (χ2v) is 10.1. The van der Waals surface area contributed by atoms with Crippen LogP contribution in [0, 0.1) is 12.7 Å². The largest absolute Gasteiger partial charge is 0.508 e. The molecule has 40 heavy (non-hydrogen) atoms. The lowest BCUT2D eigenvalue weighted by atomic mass is 10.0. The van der Waals surface area contributed by atoms with Gasteiger partial charge in [0.25, 0.3) is 5.92 Å². The molecular weight excluding hydrogens is 519 g/mol. The molecule has 0 radical (unpaired) electrons. The van der Waals surface area contributed by atoms with E-state index in [-0.39, 0.29) is 23.6 Å². The topological polar surface area (TPSA) is 81.6 Å². The number of halogens is 3. The number of rotatable bonds is 8.